The molecule has 2 rings (SSSR count). The van der Waals surface area contributed by atoms with Crippen molar-refractivity contribution in [2.24, 2.45) is 0 Å². The van der Waals surface area contributed by atoms with Crippen LogP contribution in [0.1, 0.15) is 60.5 Å². The van der Waals surface area contributed by atoms with Gasteiger partial charge in [0.25, 0.3) is 11.8 Å². The normalized spacial score (nSPS) is 11.0. The summed E-state index contributed by atoms with van der Waals surface area (Å²) in [6.07, 6.45) is 2.33. The monoisotopic (exact) mass is 339 g/mol. The van der Waals surface area contributed by atoms with Crippen LogP contribution < -0.4 is 10.6 Å². The standard InChI is InChI=1S/C20H25N3O2/c1-5-11-22-18(24)14-10-12-21-17(13-14)19(25)23-16-8-6-15(7-9-16)20(2,3)4/h6-10,12-13H,5,11H2,1-4H3,(H,22,24)(H,23,25). The largest absolute Gasteiger partial charge is 0.352 e. The van der Waals surface area contributed by atoms with Crippen molar-refractivity contribution in [1.82, 2.24) is 10.3 Å². The first-order valence-electron chi connectivity index (χ1n) is 8.47. The highest BCUT2D eigenvalue weighted by Crippen LogP contribution is 2.23. The number of hydrogen-bond acceptors (Lipinski definition) is 3. The van der Waals surface area contributed by atoms with E-state index < -0.39 is 0 Å². The number of nitrogens with one attached hydrogen (secondary N) is 2. The van der Waals surface area contributed by atoms with Crippen molar-refractivity contribution in [3.05, 3.63) is 59.4 Å². The molecule has 2 N–H and O–H groups in total. The van der Waals surface area contributed by atoms with Crippen LogP contribution in [0.2, 0.25) is 0 Å². The van der Waals surface area contributed by atoms with Crippen LogP contribution in [0, 0.1) is 0 Å². The Hall–Kier alpha value is -2.69. The number of aromatic nitrogens is 1. The van der Waals surface area contributed by atoms with Gasteiger partial charge >= 0.3 is 0 Å². The summed E-state index contributed by atoms with van der Waals surface area (Å²) in [6, 6.07) is 10.8. The van der Waals surface area contributed by atoms with Gasteiger partial charge in [0.2, 0.25) is 0 Å². The van der Waals surface area contributed by atoms with Gasteiger partial charge in [-0.05, 0) is 41.7 Å². The first kappa shape index (κ1) is 18.6. The van der Waals surface area contributed by atoms with Crippen molar-refractivity contribution in [2.75, 3.05) is 11.9 Å². The number of pyridine rings is 1. The summed E-state index contributed by atoms with van der Waals surface area (Å²) in [6.45, 7) is 9.00. The fourth-order valence-corrected chi connectivity index (χ4v) is 2.29. The second kappa shape index (κ2) is 7.92. The summed E-state index contributed by atoms with van der Waals surface area (Å²) < 4.78 is 0. The SMILES string of the molecule is CCCNC(=O)c1ccnc(C(=O)Nc2ccc(C(C)(C)C)cc2)c1. The molecule has 0 saturated carbocycles. The molecule has 0 aliphatic rings. The third-order valence-electron chi connectivity index (χ3n) is 3.80. The highest BCUT2D eigenvalue weighted by atomic mass is 16.2. The molecular weight excluding hydrogens is 314 g/mol. The van der Waals surface area contributed by atoms with Crippen LogP contribution in [0.25, 0.3) is 0 Å². The number of carbonyl (C=O) groups excluding carboxylic acids is 2. The summed E-state index contributed by atoms with van der Waals surface area (Å²) in [5, 5.41) is 5.60. The lowest BCUT2D eigenvalue weighted by Crippen LogP contribution is -2.24. The minimum atomic E-state index is -0.339. The van der Waals surface area contributed by atoms with Crippen molar-refractivity contribution < 1.29 is 9.59 Å². The maximum atomic E-state index is 12.4. The second-order valence-electron chi connectivity index (χ2n) is 6.97. The molecule has 132 valence electrons. The number of hydrogen-bond donors (Lipinski definition) is 2. The molecule has 1 heterocycles. The third kappa shape index (κ3) is 5.14. The van der Waals surface area contributed by atoms with Crippen molar-refractivity contribution in [2.45, 2.75) is 39.5 Å². The average Bonchev–Trinajstić information content (AvgIpc) is 2.59. The highest BCUT2D eigenvalue weighted by Gasteiger charge is 2.14. The number of benzene rings is 1. The number of amides is 2. The van der Waals surface area contributed by atoms with Crippen molar-refractivity contribution in [3.8, 4) is 0 Å². The Morgan fingerprint density at radius 1 is 1.04 bits per heavy atom. The molecule has 0 spiro atoms. The van der Waals surface area contributed by atoms with Gasteiger partial charge < -0.3 is 10.6 Å². The summed E-state index contributed by atoms with van der Waals surface area (Å²) in [7, 11) is 0. The molecule has 0 fully saturated rings. The average molecular weight is 339 g/mol. The molecule has 0 aliphatic heterocycles. The zero-order chi connectivity index (χ0) is 18.4. The fraction of sp³-hybridized carbons (Fsp3) is 0.350. The Morgan fingerprint density at radius 3 is 2.32 bits per heavy atom. The number of rotatable bonds is 5. The molecule has 2 aromatic rings. The Kier molecular flexibility index (Phi) is 5.91. The van der Waals surface area contributed by atoms with Crippen LogP contribution in [-0.4, -0.2) is 23.3 Å². The lowest BCUT2D eigenvalue weighted by atomic mass is 9.87. The fourth-order valence-electron chi connectivity index (χ4n) is 2.29. The summed E-state index contributed by atoms with van der Waals surface area (Å²) in [4.78, 5) is 28.4. The molecule has 25 heavy (non-hydrogen) atoms. The molecular formula is C20H25N3O2. The quantitative estimate of drug-likeness (QED) is 0.871. The van der Waals surface area contributed by atoms with Crippen LogP contribution in [-0.2, 0) is 5.41 Å². The number of nitrogens with zero attached hydrogens (tertiary/aromatic N) is 1. The lowest BCUT2D eigenvalue weighted by molar-refractivity contribution is 0.0953. The third-order valence-corrected chi connectivity index (χ3v) is 3.80. The smallest absolute Gasteiger partial charge is 0.274 e. The van der Waals surface area contributed by atoms with Crippen LogP contribution in [0.4, 0.5) is 5.69 Å². The van der Waals surface area contributed by atoms with E-state index in [0.717, 1.165) is 6.42 Å². The zero-order valence-corrected chi connectivity index (χ0v) is 15.2. The van der Waals surface area contributed by atoms with E-state index in [-0.39, 0.29) is 22.9 Å². The summed E-state index contributed by atoms with van der Waals surface area (Å²) in [5.41, 5.74) is 2.59. The van der Waals surface area contributed by atoms with Crippen LogP contribution in [0.5, 0.6) is 0 Å². The van der Waals surface area contributed by atoms with Gasteiger partial charge in [0.15, 0.2) is 0 Å². The van der Waals surface area contributed by atoms with E-state index >= 15 is 0 Å². The van der Waals surface area contributed by atoms with Gasteiger partial charge in [-0.3, -0.25) is 14.6 Å². The van der Waals surface area contributed by atoms with Gasteiger partial charge in [-0.25, -0.2) is 0 Å². The molecule has 2 amide bonds. The van der Waals surface area contributed by atoms with Crippen LogP contribution in [0.15, 0.2) is 42.6 Å². The van der Waals surface area contributed by atoms with E-state index in [2.05, 4.69) is 36.4 Å². The Labute approximate surface area is 148 Å². The van der Waals surface area contributed by atoms with Gasteiger partial charge in [-0.15, -0.1) is 0 Å². The number of anilines is 1. The van der Waals surface area contributed by atoms with Crippen LogP contribution in [0.3, 0.4) is 0 Å². The predicted octanol–water partition coefficient (Wildman–Crippen LogP) is 3.77. The van der Waals surface area contributed by atoms with Crippen LogP contribution >= 0.6 is 0 Å². The minimum absolute atomic E-state index is 0.0598. The Balaban J connectivity index is 2.09. The number of carbonyl (C=O) groups is 2. The molecule has 1 aromatic carbocycles. The highest BCUT2D eigenvalue weighted by molar-refractivity contribution is 6.04. The molecule has 0 radical (unpaired) electrons. The van der Waals surface area contributed by atoms with Crippen molar-refractivity contribution in [1.29, 1.82) is 0 Å². The molecule has 0 aliphatic carbocycles. The lowest BCUT2D eigenvalue weighted by Gasteiger charge is -2.19. The molecule has 0 saturated heterocycles. The second-order valence-corrected chi connectivity index (χ2v) is 6.97. The van der Waals surface area contributed by atoms with Crippen molar-refractivity contribution >= 4 is 17.5 Å². The van der Waals surface area contributed by atoms with E-state index in [1.807, 2.05) is 31.2 Å². The maximum absolute atomic E-state index is 12.4. The summed E-state index contributed by atoms with van der Waals surface area (Å²) in [5.74, 6) is -0.540. The van der Waals surface area contributed by atoms with E-state index in [0.29, 0.717) is 17.8 Å². The molecule has 5 heteroatoms. The Bertz CT molecular complexity index is 746. The molecule has 0 bridgehead atoms. The zero-order valence-electron chi connectivity index (χ0n) is 15.2. The minimum Gasteiger partial charge on any atom is -0.352 e. The van der Waals surface area contributed by atoms with E-state index in [9.17, 15) is 9.59 Å². The van der Waals surface area contributed by atoms with Gasteiger partial charge in [-0.2, -0.15) is 0 Å². The van der Waals surface area contributed by atoms with Gasteiger partial charge in [0.05, 0.1) is 0 Å². The molecule has 0 atom stereocenters. The Morgan fingerprint density at radius 2 is 1.72 bits per heavy atom. The first-order valence-corrected chi connectivity index (χ1v) is 8.47. The maximum Gasteiger partial charge on any atom is 0.274 e. The van der Waals surface area contributed by atoms with E-state index in [4.69, 9.17) is 0 Å². The summed E-state index contributed by atoms with van der Waals surface area (Å²) >= 11 is 0. The molecule has 1 aromatic heterocycles. The first-order chi connectivity index (χ1) is 11.8. The topological polar surface area (TPSA) is 71.1 Å². The molecule has 5 nitrogen and oxygen atoms in total. The van der Waals surface area contributed by atoms with E-state index in [1.54, 1.807) is 6.07 Å². The predicted molar refractivity (Wildman–Crippen MR) is 100.0 cm³/mol. The van der Waals surface area contributed by atoms with Crippen molar-refractivity contribution in [3.63, 3.8) is 0 Å². The van der Waals surface area contributed by atoms with Gasteiger partial charge in [-0.1, -0.05) is 39.8 Å². The van der Waals surface area contributed by atoms with E-state index in [1.165, 1.54) is 17.8 Å². The van der Waals surface area contributed by atoms with Gasteiger partial charge in [0, 0.05) is 24.0 Å². The van der Waals surface area contributed by atoms with Gasteiger partial charge in [0.1, 0.15) is 5.69 Å². The molecule has 0 unspecified atom stereocenters.